The lowest BCUT2D eigenvalue weighted by Crippen LogP contribution is -2.46. The Labute approximate surface area is 110 Å². The molecule has 3 nitrogen and oxygen atoms in total. The van der Waals surface area contributed by atoms with Crippen molar-refractivity contribution in [1.29, 1.82) is 0 Å². The Bertz CT molecular complexity index is 335. The first kappa shape index (κ1) is 12.5. The average Bonchev–Trinajstić information content (AvgIpc) is 2.83. The third kappa shape index (κ3) is 2.07. The van der Waals surface area contributed by atoms with E-state index in [-0.39, 0.29) is 17.9 Å². The van der Waals surface area contributed by atoms with Gasteiger partial charge in [0, 0.05) is 12.6 Å². The van der Waals surface area contributed by atoms with E-state index in [0.29, 0.717) is 17.3 Å². The highest BCUT2D eigenvalue weighted by Gasteiger charge is 2.49. The molecule has 4 unspecified atom stereocenters. The molecule has 3 N–H and O–H groups in total. The molecule has 3 fully saturated rings. The predicted octanol–water partition coefficient (Wildman–Crippen LogP) is 2.06. The van der Waals surface area contributed by atoms with E-state index in [0.717, 1.165) is 6.54 Å². The van der Waals surface area contributed by atoms with E-state index < -0.39 is 0 Å². The maximum absolute atomic E-state index is 12.3. The summed E-state index contributed by atoms with van der Waals surface area (Å²) in [6.07, 6.45) is 8.73. The molecule has 0 aromatic rings. The highest BCUT2D eigenvalue weighted by Crippen LogP contribution is 2.50. The fourth-order valence-electron chi connectivity index (χ4n) is 4.34. The summed E-state index contributed by atoms with van der Waals surface area (Å²) in [5.74, 6) is 1.56. The first-order valence-corrected chi connectivity index (χ1v) is 7.68. The van der Waals surface area contributed by atoms with E-state index in [1.807, 2.05) is 0 Å². The summed E-state index contributed by atoms with van der Waals surface area (Å²) in [6, 6.07) is 0.130. The highest BCUT2D eigenvalue weighted by molar-refractivity contribution is 5.80. The van der Waals surface area contributed by atoms with Gasteiger partial charge in [0.1, 0.15) is 0 Å². The van der Waals surface area contributed by atoms with E-state index in [1.165, 1.54) is 44.9 Å². The van der Waals surface area contributed by atoms with Crippen LogP contribution in [-0.2, 0) is 4.79 Å². The molecule has 3 rings (SSSR count). The van der Waals surface area contributed by atoms with Crippen molar-refractivity contribution in [3.63, 3.8) is 0 Å². The van der Waals surface area contributed by atoms with Crippen molar-refractivity contribution in [2.75, 3.05) is 6.54 Å². The van der Waals surface area contributed by atoms with Gasteiger partial charge in [-0.15, -0.1) is 0 Å². The Morgan fingerprint density at radius 2 is 2.06 bits per heavy atom. The zero-order valence-corrected chi connectivity index (χ0v) is 11.5. The number of hydrogen-bond acceptors (Lipinski definition) is 2. The van der Waals surface area contributed by atoms with Gasteiger partial charge in [-0.25, -0.2) is 0 Å². The van der Waals surface area contributed by atoms with Crippen LogP contribution in [0.4, 0.5) is 0 Å². The van der Waals surface area contributed by atoms with Crippen molar-refractivity contribution in [2.24, 2.45) is 28.9 Å². The van der Waals surface area contributed by atoms with Crippen molar-refractivity contribution in [3.8, 4) is 0 Å². The summed E-state index contributed by atoms with van der Waals surface area (Å²) in [6.45, 7) is 3.12. The highest BCUT2D eigenvalue weighted by atomic mass is 16.2. The SMILES string of the molecule is CCCC1(CNC(=O)C2C3CCC(C3)C2N)CC1. The third-order valence-corrected chi connectivity index (χ3v) is 5.66. The van der Waals surface area contributed by atoms with Crippen LogP contribution in [0.1, 0.15) is 51.9 Å². The molecule has 4 atom stereocenters. The molecule has 0 aromatic carbocycles. The Balaban J connectivity index is 1.53. The van der Waals surface area contributed by atoms with E-state index in [2.05, 4.69) is 12.2 Å². The van der Waals surface area contributed by atoms with E-state index in [4.69, 9.17) is 5.73 Å². The minimum atomic E-state index is 0.112. The minimum absolute atomic E-state index is 0.112. The fraction of sp³-hybridized carbons (Fsp3) is 0.933. The Hall–Kier alpha value is -0.570. The molecule has 3 aliphatic carbocycles. The first-order valence-electron chi connectivity index (χ1n) is 7.68. The van der Waals surface area contributed by atoms with Gasteiger partial charge in [0.05, 0.1) is 5.92 Å². The van der Waals surface area contributed by atoms with Crippen LogP contribution in [0.2, 0.25) is 0 Å². The monoisotopic (exact) mass is 250 g/mol. The number of fused-ring (bicyclic) bond motifs is 2. The number of carbonyl (C=O) groups is 1. The van der Waals surface area contributed by atoms with E-state index in [1.54, 1.807) is 0 Å². The maximum atomic E-state index is 12.3. The van der Waals surface area contributed by atoms with Gasteiger partial charge in [-0.3, -0.25) is 4.79 Å². The van der Waals surface area contributed by atoms with Gasteiger partial charge in [0.25, 0.3) is 0 Å². The minimum Gasteiger partial charge on any atom is -0.355 e. The smallest absolute Gasteiger partial charge is 0.224 e. The molecule has 3 heteroatoms. The predicted molar refractivity (Wildman–Crippen MR) is 71.9 cm³/mol. The fourth-order valence-corrected chi connectivity index (χ4v) is 4.34. The van der Waals surface area contributed by atoms with Crippen LogP contribution < -0.4 is 11.1 Å². The van der Waals surface area contributed by atoms with Crippen molar-refractivity contribution in [3.05, 3.63) is 0 Å². The number of amides is 1. The summed E-state index contributed by atoms with van der Waals surface area (Å²) in [4.78, 5) is 12.3. The number of carbonyl (C=O) groups excluding carboxylic acids is 1. The van der Waals surface area contributed by atoms with Crippen LogP contribution in [0.5, 0.6) is 0 Å². The van der Waals surface area contributed by atoms with Crippen molar-refractivity contribution < 1.29 is 4.79 Å². The van der Waals surface area contributed by atoms with Crippen LogP contribution in [0.15, 0.2) is 0 Å². The second-order valence-electron chi connectivity index (χ2n) is 6.90. The molecule has 2 bridgehead atoms. The van der Waals surface area contributed by atoms with Crippen LogP contribution in [-0.4, -0.2) is 18.5 Å². The first-order chi connectivity index (χ1) is 8.65. The van der Waals surface area contributed by atoms with Gasteiger partial charge in [-0.05, 0) is 55.8 Å². The topological polar surface area (TPSA) is 55.1 Å². The molecule has 0 saturated heterocycles. The number of nitrogens with two attached hydrogens (primary N) is 1. The maximum Gasteiger partial charge on any atom is 0.224 e. The molecule has 0 spiro atoms. The second kappa shape index (κ2) is 4.52. The largest absolute Gasteiger partial charge is 0.355 e. The van der Waals surface area contributed by atoms with E-state index in [9.17, 15) is 4.79 Å². The zero-order chi connectivity index (χ0) is 12.8. The van der Waals surface area contributed by atoms with Gasteiger partial charge in [0.15, 0.2) is 0 Å². The Morgan fingerprint density at radius 1 is 1.33 bits per heavy atom. The Kier molecular flexibility index (Phi) is 3.13. The van der Waals surface area contributed by atoms with Gasteiger partial charge in [0.2, 0.25) is 5.91 Å². The molecule has 3 aliphatic rings. The molecule has 18 heavy (non-hydrogen) atoms. The lowest BCUT2D eigenvalue weighted by Gasteiger charge is -2.28. The lowest BCUT2D eigenvalue weighted by molar-refractivity contribution is -0.127. The summed E-state index contributed by atoms with van der Waals surface area (Å²) in [7, 11) is 0. The number of hydrogen-bond donors (Lipinski definition) is 2. The van der Waals surface area contributed by atoms with E-state index >= 15 is 0 Å². The summed E-state index contributed by atoms with van der Waals surface area (Å²) >= 11 is 0. The summed E-state index contributed by atoms with van der Waals surface area (Å²) in [5.41, 5.74) is 6.67. The van der Waals surface area contributed by atoms with Crippen molar-refractivity contribution in [2.45, 2.75) is 57.9 Å². The molecule has 1 amide bonds. The Morgan fingerprint density at radius 3 is 2.61 bits per heavy atom. The van der Waals surface area contributed by atoms with Crippen LogP contribution >= 0.6 is 0 Å². The van der Waals surface area contributed by atoms with Crippen molar-refractivity contribution >= 4 is 5.91 Å². The molecule has 3 saturated carbocycles. The number of rotatable bonds is 5. The number of nitrogens with one attached hydrogen (secondary N) is 1. The summed E-state index contributed by atoms with van der Waals surface area (Å²) in [5, 5.41) is 3.21. The standard InChI is InChI=1S/C15H26N2O/c1-2-5-15(6-7-15)9-17-14(18)12-10-3-4-11(8-10)13(12)16/h10-13H,2-9,16H2,1H3,(H,17,18). The van der Waals surface area contributed by atoms with Gasteiger partial charge >= 0.3 is 0 Å². The van der Waals surface area contributed by atoms with Crippen LogP contribution in [0.25, 0.3) is 0 Å². The zero-order valence-electron chi connectivity index (χ0n) is 11.5. The van der Waals surface area contributed by atoms with Crippen LogP contribution in [0.3, 0.4) is 0 Å². The van der Waals surface area contributed by atoms with Crippen molar-refractivity contribution in [1.82, 2.24) is 5.32 Å². The molecular weight excluding hydrogens is 224 g/mol. The van der Waals surface area contributed by atoms with Gasteiger partial charge in [-0.2, -0.15) is 0 Å². The molecule has 0 aromatic heterocycles. The molecule has 0 heterocycles. The molecule has 0 radical (unpaired) electrons. The molecule has 102 valence electrons. The molecular formula is C15H26N2O. The second-order valence-corrected chi connectivity index (χ2v) is 6.90. The molecule has 0 aliphatic heterocycles. The normalized spacial score (nSPS) is 39.9. The average molecular weight is 250 g/mol. The van der Waals surface area contributed by atoms with Gasteiger partial charge < -0.3 is 11.1 Å². The summed E-state index contributed by atoms with van der Waals surface area (Å²) < 4.78 is 0. The quantitative estimate of drug-likeness (QED) is 0.784. The third-order valence-electron chi connectivity index (χ3n) is 5.66. The lowest BCUT2D eigenvalue weighted by atomic mass is 9.84. The van der Waals surface area contributed by atoms with Crippen LogP contribution in [0, 0.1) is 23.2 Å². The van der Waals surface area contributed by atoms with Gasteiger partial charge in [-0.1, -0.05) is 13.3 Å².